The molecule has 0 saturated carbocycles. The zero-order valence-electron chi connectivity index (χ0n) is 16.4. The lowest BCUT2D eigenvalue weighted by Gasteiger charge is -2.07. The normalized spacial score (nSPS) is 10.8. The highest BCUT2D eigenvalue weighted by Crippen LogP contribution is 2.29. The van der Waals surface area contributed by atoms with Gasteiger partial charge in [-0.15, -0.1) is 0 Å². The van der Waals surface area contributed by atoms with Gasteiger partial charge in [0.1, 0.15) is 11.5 Å². The highest BCUT2D eigenvalue weighted by atomic mass is 32.1. The molecule has 3 rings (SSSR count). The zero-order chi connectivity index (χ0) is 19.8. The maximum Gasteiger partial charge on any atom is 0.257 e. The molecule has 0 unspecified atom stereocenters. The van der Waals surface area contributed by atoms with Gasteiger partial charge in [-0.3, -0.25) is 10.1 Å². The van der Waals surface area contributed by atoms with Gasteiger partial charge >= 0.3 is 0 Å². The number of carbonyl (C=O) groups is 1. The second kappa shape index (κ2) is 10.1. The fourth-order valence-electron chi connectivity index (χ4n) is 2.85. The molecular formula is C22H26N2O3S. The first-order valence-electron chi connectivity index (χ1n) is 9.68. The van der Waals surface area contributed by atoms with Gasteiger partial charge in [0, 0.05) is 5.56 Å². The number of fused-ring (bicyclic) bond motifs is 1. The third-order valence-electron chi connectivity index (χ3n) is 4.45. The molecule has 1 N–H and O–H groups in total. The SMILES string of the molecule is CCCCCCCOc1ccc(C(=O)Nc2nc3ccc(OC)cc3s2)cc1. The number of nitrogens with zero attached hydrogens (tertiary/aromatic N) is 1. The lowest BCUT2D eigenvalue weighted by molar-refractivity contribution is 0.102. The Morgan fingerprint density at radius 2 is 1.79 bits per heavy atom. The molecule has 5 nitrogen and oxygen atoms in total. The average molecular weight is 399 g/mol. The number of unbranched alkanes of at least 4 members (excludes halogenated alkanes) is 4. The van der Waals surface area contributed by atoms with Crippen molar-refractivity contribution in [3.8, 4) is 11.5 Å². The summed E-state index contributed by atoms with van der Waals surface area (Å²) in [6.45, 7) is 2.92. The number of nitrogens with one attached hydrogen (secondary N) is 1. The van der Waals surface area contributed by atoms with Crippen LogP contribution < -0.4 is 14.8 Å². The Morgan fingerprint density at radius 3 is 2.54 bits per heavy atom. The summed E-state index contributed by atoms with van der Waals surface area (Å²) in [7, 11) is 1.63. The number of ether oxygens (including phenoxy) is 2. The number of hydrogen-bond acceptors (Lipinski definition) is 5. The largest absolute Gasteiger partial charge is 0.497 e. The Kier molecular flexibility index (Phi) is 7.25. The highest BCUT2D eigenvalue weighted by Gasteiger charge is 2.11. The zero-order valence-corrected chi connectivity index (χ0v) is 17.2. The predicted molar refractivity (Wildman–Crippen MR) is 115 cm³/mol. The number of carbonyl (C=O) groups excluding carboxylic acids is 1. The van der Waals surface area contributed by atoms with Crippen LogP contribution in [0.4, 0.5) is 5.13 Å². The fraction of sp³-hybridized carbons (Fsp3) is 0.364. The lowest BCUT2D eigenvalue weighted by Crippen LogP contribution is -2.11. The first kappa shape index (κ1) is 20.1. The molecule has 148 valence electrons. The molecule has 1 aromatic heterocycles. The number of anilines is 1. The van der Waals surface area contributed by atoms with E-state index in [1.54, 1.807) is 19.2 Å². The second-order valence-electron chi connectivity index (χ2n) is 6.59. The molecule has 0 bridgehead atoms. The molecule has 0 radical (unpaired) electrons. The Morgan fingerprint density at radius 1 is 1.04 bits per heavy atom. The molecule has 0 aliphatic carbocycles. The summed E-state index contributed by atoms with van der Waals surface area (Å²) < 4.78 is 11.9. The number of thiazole rings is 1. The second-order valence-corrected chi connectivity index (χ2v) is 7.62. The Balaban J connectivity index is 1.53. The molecule has 0 aliphatic rings. The number of methoxy groups -OCH3 is 1. The maximum atomic E-state index is 12.5. The van der Waals surface area contributed by atoms with Crippen molar-refractivity contribution in [1.82, 2.24) is 4.98 Å². The van der Waals surface area contributed by atoms with Crippen molar-refractivity contribution in [2.45, 2.75) is 39.0 Å². The van der Waals surface area contributed by atoms with Crippen molar-refractivity contribution in [1.29, 1.82) is 0 Å². The van der Waals surface area contributed by atoms with Gasteiger partial charge in [-0.2, -0.15) is 0 Å². The van der Waals surface area contributed by atoms with E-state index in [1.807, 2.05) is 30.3 Å². The molecule has 0 fully saturated rings. The first-order chi connectivity index (χ1) is 13.7. The smallest absolute Gasteiger partial charge is 0.257 e. The third-order valence-corrected chi connectivity index (χ3v) is 5.38. The molecule has 3 aromatic rings. The van der Waals surface area contributed by atoms with Crippen LogP contribution in [0, 0.1) is 0 Å². The van der Waals surface area contributed by atoms with Crippen LogP contribution >= 0.6 is 11.3 Å². The molecular weight excluding hydrogens is 372 g/mol. The topological polar surface area (TPSA) is 60.5 Å². The van der Waals surface area contributed by atoms with Crippen molar-refractivity contribution in [2.75, 3.05) is 19.0 Å². The maximum absolute atomic E-state index is 12.5. The van der Waals surface area contributed by atoms with Gasteiger partial charge in [-0.05, 0) is 48.9 Å². The van der Waals surface area contributed by atoms with E-state index in [0.29, 0.717) is 17.3 Å². The predicted octanol–water partition coefficient (Wildman–Crippen LogP) is 5.91. The summed E-state index contributed by atoms with van der Waals surface area (Å²) in [4.78, 5) is 16.9. The molecule has 28 heavy (non-hydrogen) atoms. The highest BCUT2D eigenvalue weighted by molar-refractivity contribution is 7.22. The molecule has 0 spiro atoms. The van der Waals surface area contributed by atoms with Gasteiger partial charge in [-0.25, -0.2) is 4.98 Å². The summed E-state index contributed by atoms with van der Waals surface area (Å²) in [5, 5.41) is 3.43. The average Bonchev–Trinajstić information content (AvgIpc) is 3.12. The Hall–Kier alpha value is -2.60. The number of amides is 1. The number of aromatic nitrogens is 1. The van der Waals surface area contributed by atoms with Gasteiger partial charge in [0.15, 0.2) is 5.13 Å². The van der Waals surface area contributed by atoms with E-state index in [9.17, 15) is 4.79 Å². The summed E-state index contributed by atoms with van der Waals surface area (Å²) >= 11 is 1.42. The summed E-state index contributed by atoms with van der Waals surface area (Å²) in [5.74, 6) is 1.38. The minimum absolute atomic E-state index is 0.183. The molecule has 1 amide bonds. The summed E-state index contributed by atoms with van der Waals surface area (Å²) in [6.07, 6.45) is 6.05. The fourth-order valence-corrected chi connectivity index (χ4v) is 3.74. The van der Waals surface area contributed by atoms with E-state index in [2.05, 4.69) is 17.2 Å². The minimum Gasteiger partial charge on any atom is -0.497 e. The number of rotatable bonds is 10. The number of hydrogen-bond donors (Lipinski definition) is 1. The lowest BCUT2D eigenvalue weighted by atomic mass is 10.2. The summed E-state index contributed by atoms with van der Waals surface area (Å²) in [5.41, 5.74) is 1.41. The van der Waals surface area contributed by atoms with Crippen molar-refractivity contribution in [3.05, 3.63) is 48.0 Å². The van der Waals surface area contributed by atoms with Crippen molar-refractivity contribution in [2.24, 2.45) is 0 Å². The van der Waals surface area contributed by atoms with E-state index in [4.69, 9.17) is 9.47 Å². The van der Waals surface area contributed by atoms with Crippen LogP contribution in [0.15, 0.2) is 42.5 Å². The van der Waals surface area contributed by atoms with Gasteiger partial charge in [-0.1, -0.05) is 43.9 Å². The molecule has 0 aliphatic heterocycles. The molecule has 6 heteroatoms. The Labute approximate surface area is 169 Å². The van der Waals surface area contributed by atoms with Gasteiger partial charge in [0.2, 0.25) is 0 Å². The van der Waals surface area contributed by atoms with Crippen LogP contribution in [0.25, 0.3) is 10.2 Å². The van der Waals surface area contributed by atoms with Crippen LogP contribution in [0.1, 0.15) is 49.4 Å². The van der Waals surface area contributed by atoms with Crippen LogP contribution in [0.2, 0.25) is 0 Å². The monoisotopic (exact) mass is 398 g/mol. The van der Waals surface area contributed by atoms with E-state index in [-0.39, 0.29) is 5.91 Å². The molecule has 1 heterocycles. The van der Waals surface area contributed by atoms with Crippen molar-refractivity contribution in [3.63, 3.8) is 0 Å². The van der Waals surface area contributed by atoms with Crippen LogP contribution in [0.5, 0.6) is 11.5 Å². The quantitative estimate of drug-likeness (QED) is 0.432. The molecule has 2 aromatic carbocycles. The number of benzene rings is 2. The van der Waals surface area contributed by atoms with Gasteiger partial charge in [0.05, 0.1) is 23.9 Å². The van der Waals surface area contributed by atoms with E-state index in [1.165, 1.54) is 37.0 Å². The van der Waals surface area contributed by atoms with E-state index < -0.39 is 0 Å². The summed E-state index contributed by atoms with van der Waals surface area (Å²) in [6, 6.07) is 12.9. The third kappa shape index (κ3) is 5.45. The van der Waals surface area contributed by atoms with E-state index >= 15 is 0 Å². The van der Waals surface area contributed by atoms with Crippen molar-refractivity contribution >= 4 is 32.6 Å². The standard InChI is InChI=1S/C22H26N2O3S/c1-3-4-5-6-7-14-27-17-10-8-16(9-11-17)21(25)24-22-23-19-13-12-18(26-2)15-20(19)28-22/h8-13,15H,3-7,14H2,1-2H3,(H,23,24,25). The van der Waals surface area contributed by atoms with Crippen LogP contribution in [0.3, 0.4) is 0 Å². The molecule has 0 saturated heterocycles. The Bertz CT molecular complexity index is 906. The van der Waals surface area contributed by atoms with Crippen LogP contribution in [-0.4, -0.2) is 24.6 Å². The minimum atomic E-state index is -0.183. The van der Waals surface area contributed by atoms with Gasteiger partial charge < -0.3 is 9.47 Å². The van der Waals surface area contributed by atoms with Crippen LogP contribution in [-0.2, 0) is 0 Å². The van der Waals surface area contributed by atoms with E-state index in [0.717, 1.165) is 28.1 Å². The molecule has 0 atom stereocenters. The van der Waals surface area contributed by atoms with Gasteiger partial charge in [0.25, 0.3) is 5.91 Å². The van der Waals surface area contributed by atoms with Crippen molar-refractivity contribution < 1.29 is 14.3 Å². The first-order valence-corrected chi connectivity index (χ1v) is 10.5.